The third-order valence-corrected chi connectivity index (χ3v) is 3.78. The Morgan fingerprint density at radius 2 is 1.94 bits per heavy atom. The molecule has 3 rings (SSSR count). The van der Waals surface area contributed by atoms with Gasteiger partial charge in [0.25, 0.3) is 0 Å². The molecule has 2 nitrogen and oxygen atoms in total. The lowest BCUT2D eigenvalue weighted by Crippen LogP contribution is -1.84. The SMILES string of the molecule is ClCc1cc(-c2ccc3ccccc3n2)ns1. The van der Waals surface area contributed by atoms with Crippen molar-refractivity contribution in [2.24, 2.45) is 0 Å². The van der Waals surface area contributed by atoms with Crippen molar-refractivity contribution in [2.45, 2.75) is 5.88 Å². The van der Waals surface area contributed by atoms with Crippen LogP contribution in [0.15, 0.2) is 42.5 Å². The van der Waals surface area contributed by atoms with Crippen molar-refractivity contribution in [1.82, 2.24) is 9.36 Å². The van der Waals surface area contributed by atoms with E-state index in [4.69, 9.17) is 11.6 Å². The third-order valence-electron chi connectivity index (χ3n) is 2.55. The quantitative estimate of drug-likeness (QED) is 0.649. The van der Waals surface area contributed by atoms with Gasteiger partial charge in [0.2, 0.25) is 0 Å². The molecule has 4 heteroatoms. The zero-order chi connectivity index (χ0) is 11.7. The molecule has 0 spiro atoms. The molecule has 0 fully saturated rings. The van der Waals surface area contributed by atoms with E-state index in [0.29, 0.717) is 5.88 Å². The number of aromatic nitrogens is 2. The first-order valence-electron chi connectivity index (χ1n) is 5.24. The first-order valence-corrected chi connectivity index (χ1v) is 6.55. The van der Waals surface area contributed by atoms with Crippen LogP contribution < -0.4 is 0 Å². The minimum atomic E-state index is 0.505. The van der Waals surface area contributed by atoms with Crippen LogP contribution in [0, 0.1) is 0 Å². The van der Waals surface area contributed by atoms with E-state index >= 15 is 0 Å². The second kappa shape index (κ2) is 4.43. The number of hydrogen-bond donors (Lipinski definition) is 0. The predicted molar refractivity (Wildman–Crippen MR) is 72.4 cm³/mol. The summed E-state index contributed by atoms with van der Waals surface area (Å²) >= 11 is 7.20. The second-order valence-corrected chi connectivity index (χ2v) is 4.86. The molecule has 17 heavy (non-hydrogen) atoms. The molecule has 0 aliphatic carbocycles. The number of para-hydroxylation sites is 1. The van der Waals surface area contributed by atoms with Crippen LogP contribution in [0.2, 0.25) is 0 Å². The van der Waals surface area contributed by atoms with Crippen molar-refractivity contribution >= 4 is 34.0 Å². The van der Waals surface area contributed by atoms with Crippen molar-refractivity contribution < 1.29 is 0 Å². The minimum absolute atomic E-state index is 0.505. The summed E-state index contributed by atoms with van der Waals surface area (Å²) in [6.07, 6.45) is 0. The zero-order valence-corrected chi connectivity index (χ0v) is 10.5. The molecule has 0 unspecified atom stereocenters. The van der Waals surface area contributed by atoms with E-state index in [1.807, 2.05) is 30.3 Å². The Kier molecular flexibility index (Phi) is 2.79. The molecule has 1 aromatic carbocycles. The van der Waals surface area contributed by atoms with Gasteiger partial charge in [0.1, 0.15) is 5.69 Å². The summed E-state index contributed by atoms with van der Waals surface area (Å²) in [6.45, 7) is 0. The fourth-order valence-electron chi connectivity index (χ4n) is 1.71. The van der Waals surface area contributed by atoms with Gasteiger partial charge in [0.05, 0.1) is 17.1 Å². The van der Waals surface area contributed by atoms with Crippen LogP contribution in [-0.2, 0) is 5.88 Å². The Morgan fingerprint density at radius 3 is 2.76 bits per heavy atom. The molecule has 0 N–H and O–H groups in total. The molecule has 0 amide bonds. The van der Waals surface area contributed by atoms with Crippen LogP contribution in [0.25, 0.3) is 22.3 Å². The van der Waals surface area contributed by atoms with E-state index in [0.717, 1.165) is 27.2 Å². The second-order valence-electron chi connectivity index (χ2n) is 3.70. The lowest BCUT2D eigenvalue weighted by molar-refractivity contribution is 1.36. The molecule has 0 saturated carbocycles. The van der Waals surface area contributed by atoms with Crippen LogP contribution in [0.5, 0.6) is 0 Å². The van der Waals surface area contributed by atoms with Gasteiger partial charge in [-0.2, -0.15) is 4.37 Å². The summed E-state index contributed by atoms with van der Waals surface area (Å²) in [5, 5.41) is 1.14. The number of halogens is 1. The molecule has 0 aliphatic rings. The highest BCUT2D eigenvalue weighted by molar-refractivity contribution is 7.06. The monoisotopic (exact) mass is 260 g/mol. The molecule has 84 valence electrons. The van der Waals surface area contributed by atoms with E-state index in [1.165, 1.54) is 11.5 Å². The number of alkyl halides is 1. The molecule has 0 saturated heterocycles. The third kappa shape index (κ3) is 2.04. The summed E-state index contributed by atoms with van der Waals surface area (Å²) in [5.41, 5.74) is 2.79. The van der Waals surface area contributed by atoms with Gasteiger partial charge in [-0.05, 0) is 29.7 Å². The molecule has 0 aliphatic heterocycles. The molecule has 0 atom stereocenters. The summed E-state index contributed by atoms with van der Waals surface area (Å²) in [6, 6.07) is 14.1. The summed E-state index contributed by atoms with van der Waals surface area (Å²) in [7, 11) is 0. The average Bonchev–Trinajstić information content (AvgIpc) is 2.87. The van der Waals surface area contributed by atoms with E-state index in [2.05, 4.69) is 21.5 Å². The van der Waals surface area contributed by atoms with E-state index < -0.39 is 0 Å². The maximum absolute atomic E-state index is 5.77. The van der Waals surface area contributed by atoms with Gasteiger partial charge in [0, 0.05) is 10.3 Å². The lowest BCUT2D eigenvalue weighted by Gasteiger charge is -1.99. The fourth-order valence-corrected chi connectivity index (χ4v) is 2.50. The smallest absolute Gasteiger partial charge is 0.103 e. The molecule has 3 aromatic rings. The van der Waals surface area contributed by atoms with Crippen molar-refractivity contribution in [1.29, 1.82) is 0 Å². The minimum Gasteiger partial charge on any atom is -0.246 e. The largest absolute Gasteiger partial charge is 0.246 e. The van der Waals surface area contributed by atoms with E-state index in [-0.39, 0.29) is 0 Å². The van der Waals surface area contributed by atoms with Crippen LogP contribution in [-0.4, -0.2) is 9.36 Å². The van der Waals surface area contributed by atoms with Gasteiger partial charge >= 0.3 is 0 Å². The Balaban J connectivity index is 2.11. The summed E-state index contributed by atoms with van der Waals surface area (Å²) in [5.74, 6) is 0.505. The number of pyridine rings is 1. The number of nitrogens with zero attached hydrogens (tertiary/aromatic N) is 2. The number of benzene rings is 1. The highest BCUT2D eigenvalue weighted by atomic mass is 35.5. The molecule has 0 bridgehead atoms. The maximum atomic E-state index is 5.77. The normalized spacial score (nSPS) is 10.9. The summed E-state index contributed by atoms with van der Waals surface area (Å²) < 4.78 is 4.36. The first kappa shape index (κ1) is 10.7. The van der Waals surface area contributed by atoms with Gasteiger partial charge in [-0.3, -0.25) is 0 Å². The van der Waals surface area contributed by atoms with Gasteiger partial charge in [-0.15, -0.1) is 11.6 Å². The predicted octanol–water partition coefficient (Wildman–Crippen LogP) is 4.10. The standard InChI is InChI=1S/C13H9ClN2S/c14-8-10-7-13(16-17-10)12-6-5-9-3-1-2-4-11(9)15-12/h1-7H,8H2. The van der Waals surface area contributed by atoms with Crippen LogP contribution in [0.3, 0.4) is 0 Å². The maximum Gasteiger partial charge on any atom is 0.103 e. The Morgan fingerprint density at radius 1 is 1.06 bits per heavy atom. The van der Waals surface area contributed by atoms with Crippen LogP contribution in [0.4, 0.5) is 0 Å². The summed E-state index contributed by atoms with van der Waals surface area (Å²) in [4.78, 5) is 5.66. The van der Waals surface area contributed by atoms with Gasteiger partial charge in [-0.1, -0.05) is 24.3 Å². The molecule has 0 radical (unpaired) electrons. The highest BCUT2D eigenvalue weighted by Gasteiger charge is 2.05. The van der Waals surface area contributed by atoms with Crippen molar-refractivity contribution in [3.8, 4) is 11.4 Å². The Labute approximate surface area is 108 Å². The van der Waals surface area contributed by atoms with Crippen LogP contribution >= 0.6 is 23.1 Å². The van der Waals surface area contributed by atoms with E-state index in [9.17, 15) is 0 Å². The van der Waals surface area contributed by atoms with Crippen molar-refractivity contribution in [2.75, 3.05) is 0 Å². The average molecular weight is 261 g/mol. The molecular weight excluding hydrogens is 252 g/mol. The first-order chi connectivity index (χ1) is 8.36. The molecule has 2 aromatic heterocycles. The number of fused-ring (bicyclic) bond motifs is 1. The fraction of sp³-hybridized carbons (Fsp3) is 0.0769. The van der Waals surface area contributed by atoms with Crippen molar-refractivity contribution in [3.63, 3.8) is 0 Å². The molecule has 2 heterocycles. The van der Waals surface area contributed by atoms with Gasteiger partial charge in [-0.25, -0.2) is 4.98 Å². The topological polar surface area (TPSA) is 25.8 Å². The Hall–Kier alpha value is -1.45. The lowest BCUT2D eigenvalue weighted by atomic mass is 10.2. The molecular formula is C13H9ClN2S. The van der Waals surface area contributed by atoms with E-state index in [1.54, 1.807) is 0 Å². The Bertz CT molecular complexity index is 663. The van der Waals surface area contributed by atoms with Crippen molar-refractivity contribution in [3.05, 3.63) is 47.3 Å². The zero-order valence-electron chi connectivity index (χ0n) is 8.93. The number of rotatable bonds is 2. The van der Waals surface area contributed by atoms with Gasteiger partial charge < -0.3 is 0 Å². The highest BCUT2D eigenvalue weighted by Crippen LogP contribution is 2.23. The number of hydrogen-bond acceptors (Lipinski definition) is 3. The van der Waals surface area contributed by atoms with Crippen LogP contribution in [0.1, 0.15) is 4.88 Å². The van der Waals surface area contributed by atoms with Gasteiger partial charge in [0.15, 0.2) is 0 Å².